The topological polar surface area (TPSA) is 98.7 Å². The van der Waals surface area contributed by atoms with Crippen molar-refractivity contribution >= 4 is 17.7 Å². The highest BCUT2D eigenvalue weighted by atomic mass is 32.2. The van der Waals surface area contributed by atoms with Gasteiger partial charge in [-0.3, -0.25) is 4.79 Å². The van der Waals surface area contributed by atoms with Crippen molar-refractivity contribution in [2.45, 2.75) is 30.0 Å². The summed E-state index contributed by atoms with van der Waals surface area (Å²) >= 11 is 1.23. The summed E-state index contributed by atoms with van der Waals surface area (Å²) in [7, 11) is 0. The summed E-state index contributed by atoms with van der Waals surface area (Å²) in [6, 6.07) is 10.3. The number of amides is 1. The Morgan fingerprint density at radius 3 is 2.85 bits per heavy atom. The second-order valence-electron chi connectivity index (χ2n) is 6.27. The lowest BCUT2D eigenvalue weighted by Gasteiger charge is -2.16. The molecule has 3 aromatic rings. The fourth-order valence-corrected chi connectivity index (χ4v) is 3.38. The highest BCUT2D eigenvalue weighted by molar-refractivity contribution is 7.99. The first-order chi connectivity index (χ1) is 12.7. The first kappa shape index (κ1) is 16.8. The Labute approximate surface area is 154 Å². The zero-order valence-electron chi connectivity index (χ0n) is 14.0. The highest BCUT2D eigenvalue weighted by Crippen LogP contribution is 2.47. The fraction of sp³-hybridized carbons (Fsp3) is 0.353. The summed E-state index contributed by atoms with van der Waals surface area (Å²) in [5, 5.41) is 15.3. The highest BCUT2D eigenvalue weighted by Gasteiger charge is 2.44. The Morgan fingerprint density at radius 1 is 1.27 bits per heavy atom. The summed E-state index contributed by atoms with van der Waals surface area (Å²) in [6.45, 7) is 1.02. The van der Waals surface area contributed by atoms with E-state index in [2.05, 4.69) is 37.7 Å². The van der Waals surface area contributed by atoms with E-state index in [-0.39, 0.29) is 17.1 Å². The van der Waals surface area contributed by atoms with Crippen molar-refractivity contribution < 1.29 is 9.21 Å². The number of nitrogens with zero attached hydrogens (tertiary/aromatic N) is 5. The second-order valence-corrected chi connectivity index (χ2v) is 7.19. The van der Waals surface area contributed by atoms with Gasteiger partial charge in [0.25, 0.3) is 5.22 Å². The lowest BCUT2D eigenvalue weighted by molar-refractivity contribution is -0.118. The lowest BCUT2D eigenvalue weighted by Crippen LogP contribution is -2.33. The standard InChI is InChI=1S/C17H18N6O2S/c24-14(19-10-17(6-7-17)13-4-2-1-3-5-13)9-26-16-22-21-15(25-16)8-23-12-18-11-20-23/h1-5,11-12H,6-10H2,(H,19,24). The van der Waals surface area contributed by atoms with Gasteiger partial charge in [-0.2, -0.15) is 5.10 Å². The van der Waals surface area contributed by atoms with Crippen LogP contribution in [0.15, 0.2) is 52.6 Å². The van der Waals surface area contributed by atoms with E-state index in [4.69, 9.17) is 4.42 Å². The van der Waals surface area contributed by atoms with Crippen molar-refractivity contribution in [2.75, 3.05) is 12.3 Å². The van der Waals surface area contributed by atoms with Gasteiger partial charge in [-0.15, -0.1) is 10.2 Å². The van der Waals surface area contributed by atoms with Crippen molar-refractivity contribution in [3.8, 4) is 0 Å². The van der Waals surface area contributed by atoms with Crippen LogP contribution in [0.5, 0.6) is 0 Å². The molecule has 0 aliphatic heterocycles. The first-order valence-corrected chi connectivity index (χ1v) is 9.32. The molecule has 1 N–H and O–H groups in total. The number of aromatic nitrogens is 5. The van der Waals surface area contributed by atoms with Crippen molar-refractivity contribution in [3.63, 3.8) is 0 Å². The van der Waals surface area contributed by atoms with Gasteiger partial charge in [-0.1, -0.05) is 42.1 Å². The first-order valence-electron chi connectivity index (χ1n) is 8.33. The largest absolute Gasteiger partial charge is 0.414 e. The molecule has 2 aromatic heterocycles. The molecule has 1 saturated carbocycles. The molecule has 1 fully saturated rings. The van der Waals surface area contributed by atoms with Gasteiger partial charge in [0.2, 0.25) is 11.8 Å². The monoisotopic (exact) mass is 370 g/mol. The van der Waals surface area contributed by atoms with Gasteiger partial charge in [-0.05, 0) is 18.4 Å². The van der Waals surface area contributed by atoms with Crippen LogP contribution in [0.2, 0.25) is 0 Å². The van der Waals surface area contributed by atoms with Gasteiger partial charge in [0, 0.05) is 12.0 Å². The van der Waals surface area contributed by atoms with Crippen molar-refractivity contribution in [2.24, 2.45) is 0 Å². The average molecular weight is 370 g/mol. The van der Waals surface area contributed by atoms with Crippen LogP contribution < -0.4 is 5.32 Å². The Hall–Kier alpha value is -2.68. The molecule has 0 atom stereocenters. The average Bonchev–Trinajstić information content (AvgIpc) is 3.05. The molecule has 9 heteroatoms. The number of nitrogens with one attached hydrogen (secondary N) is 1. The second kappa shape index (κ2) is 7.28. The zero-order chi connectivity index (χ0) is 17.8. The van der Waals surface area contributed by atoms with E-state index in [0.717, 1.165) is 12.8 Å². The van der Waals surface area contributed by atoms with Crippen LogP contribution in [0.25, 0.3) is 0 Å². The molecular weight excluding hydrogens is 352 g/mol. The fourth-order valence-electron chi connectivity index (χ4n) is 2.77. The Bertz CT molecular complexity index is 861. The Morgan fingerprint density at radius 2 is 2.12 bits per heavy atom. The summed E-state index contributed by atoms with van der Waals surface area (Å²) in [5.74, 6) is 0.642. The van der Waals surface area contributed by atoms with E-state index >= 15 is 0 Å². The predicted octanol–water partition coefficient (Wildman–Crippen LogP) is 1.65. The molecule has 1 aliphatic rings. The molecule has 8 nitrogen and oxygen atoms in total. The van der Waals surface area contributed by atoms with E-state index in [1.54, 1.807) is 11.0 Å². The Kier molecular flexibility index (Phi) is 4.70. The zero-order valence-corrected chi connectivity index (χ0v) is 14.9. The molecule has 1 aromatic carbocycles. The number of hydrogen-bond donors (Lipinski definition) is 1. The van der Waals surface area contributed by atoms with Crippen molar-refractivity contribution in [3.05, 3.63) is 54.4 Å². The smallest absolute Gasteiger partial charge is 0.277 e. The number of rotatable bonds is 8. The molecule has 2 heterocycles. The molecule has 0 bridgehead atoms. The van der Waals surface area contributed by atoms with Crippen LogP contribution in [0.3, 0.4) is 0 Å². The van der Waals surface area contributed by atoms with E-state index in [0.29, 0.717) is 24.2 Å². The summed E-state index contributed by atoms with van der Waals surface area (Å²) in [5.41, 5.74) is 1.40. The van der Waals surface area contributed by atoms with Crippen LogP contribution in [0.4, 0.5) is 0 Å². The van der Waals surface area contributed by atoms with Crippen LogP contribution in [0, 0.1) is 0 Å². The number of hydrogen-bond acceptors (Lipinski definition) is 7. The molecule has 1 aliphatic carbocycles. The van der Waals surface area contributed by atoms with E-state index in [1.165, 1.54) is 23.7 Å². The van der Waals surface area contributed by atoms with Crippen LogP contribution in [-0.2, 0) is 16.8 Å². The minimum absolute atomic E-state index is 0.0340. The third-order valence-corrected chi connectivity index (χ3v) is 5.22. The number of benzene rings is 1. The maximum Gasteiger partial charge on any atom is 0.277 e. The molecule has 26 heavy (non-hydrogen) atoms. The molecule has 4 rings (SSSR count). The van der Waals surface area contributed by atoms with E-state index in [9.17, 15) is 4.79 Å². The quantitative estimate of drug-likeness (QED) is 0.602. The maximum absolute atomic E-state index is 12.1. The summed E-state index contributed by atoms with van der Waals surface area (Å²) < 4.78 is 7.10. The molecule has 1 amide bonds. The normalized spacial score (nSPS) is 14.9. The van der Waals surface area contributed by atoms with Gasteiger partial charge in [-0.25, -0.2) is 9.67 Å². The summed E-state index contributed by atoms with van der Waals surface area (Å²) in [6.07, 6.45) is 5.24. The minimum Gasteiger partial charge on any atom is -0.414 e. The van der Waals surface area contributed by atoms with Crippen LogP contribution in [0.1, 0.15) is 24.3 Å². The lowest BCUT2D eigenvalue weighted by atomic mass is 9.96. The van der Waals surface area contributed by atoms with Crippen molar-refractivity contribution in [1.82, 2.24) is 30.3 Å². The Balaban J connectivity index is 1.24. The minimum atomic E-state index is -0.0340. The molecule has 0 spiro atoms. The number of thioether (sulfide) groups is 1. The number of carbonyl (C=O) groups is 1. The maximum atomic E-state index is 12.1. The third kappa shape index (κ3) is 3.93. The van der Waals surface area contributed by atoms with Crippen molar-refractivity contribution in [1.29, 1.82) is 0 Å². The SMILES string of the molecule is O=C(CSc1nnc(Cn2cncn2)o1)NCC1(c2ccccc2)CC1. The molecule has 0 saturated heterocycles. The molecule has 0 unspecified atom stereocenters. The number of carbonyl (C=O) groups excluding carboxylic acids is 1. The molecule has 0 radical (unpaired) electrons. The van der Waals surface area contributed by atoms with E-state index in [1.807, 2.05) is 18.2 Å². The third-order valence-electron chi connectivity index (χ3n) is 4.40. The molecule has 134 valence electrons. The van der Waals surface area contributed by atoms with Gasteiger partial charge in [0.1, 0.15) is 19.2 Å². The predicted molar refractivity (Wildman–Crippen MR) is 94.5 cm³/mol. The van der Waals surface area contributed by atoms with Crippen LogP contribution in [-0.4, -0.2) is 43.2 Å². The van der Waals surface area contributed by atoms with Gasteiger partial charge in [0.15, 0.2) is 0 Å². The van der Waals surface area contributed by atoms with E-state index < -0.39 is 0 Å². The molecular formula is C17H18N6O2S. The van der Waals surface area contributed by atoms with Gasteiger partial charge >= 0.3 is 0 Å². The van der Waals surface area contributed by atoms with Gasteiger partial charge < -0.3 is 9.73 Å². The summed E-state index contributed by atoms with van der Waals surface area (Å²) in [4.78, 5) is 16.0. The van der Waals surface area contributed by atoms with Crippen LogP contribution >= 0.6 is 11.8 Å². The van der Waals surface area contributed by atoms with Gasteiger partial charge in [0.05, 0.1) is 5.75 Å².